The number of piperidine rings is 1. The minimum atomic E-state index is -0.0737. The van der Waals surface area contributed by atoms with Gasteiger partial charge in [0.25, 0.3) is 0 Å². The summed E-state index contributed by atoms with van der Waals surface area (Å²) < 4.78 is 0. The number of rotatable bonds is 4. The van der Waals surface area contributed by atoms with Crippen LogP contribution in [0.1, 0.15) is 54.1 Å². The first-order valence-corrected chi connectivity index (χ1v) is 9.36. The van der Waals surface area contributed by atoms with Crippen LogP contribution in [-0.2, 0) is 16.1 Å². The van der Waals surface area contributed by atoms with Gasteiger partial charge in [-0.3, -0.25) is 9.59 Å². The largest absolute Gasteiger partial charge is 0.349 e. The Balaban J connectivity index is 1.55. The molecule has 1 atom stereocenters. The molecular weight excluding hydrogens is 310 g/mol. The number of amides is 2. The molecule has 1 unspecified atom stereocenters. The van der Waals surface area contributed by atoms with Crippen LogP contribution < -0.4 is 5.32 Å². The molecule has 0 radical (unpaired) electrons. The minimum absolute atomic E-state index is 0.0611. The van der Waals surface area contributed by atoms with E-state index in [1.54, 1.807) is 11.3 Å². The molecule has 0 spiro atoms. The molecular formula is C17H25N3O2S. The van der Waals surface area contributed by atoms with Gasteiger partial charge in [-0.05, 0) is 33.1 Å². The number of thiazole rings is 1. The van der Waals surface area contributed by atoms with Crippen LogP contribution in [-0.4, -0.2) is 34.3 Å². The summed E-state index contributed by atoms with van der Waals surface area (Å²) in [4.78, 5) is 32.2. The van der Waals surface area contributed by atoms with Gasteiger partial charge in [0.15, 0.2) is 0 Å². The van der Waals surface area contributed by atoms with Gasteiger partial charge in [0.1, 0.15) is 5.01 Å². The standard InChI is InChI=1S/C17H25N3O2S/c1-11-12(2)23-15(19-11)9-18-17(22)13-7-8-16(21)20(10-13)14-5-3-4-6-14/h13-14H,3-10H2,1-2H3,(H,18,22). The number of likely N-dealkylation sites (tertiary alicyclic amines) is 1. The first-order valence-electron chi connectivity index (χ1n) is 8.54. The lowest BCUT2D eigenvalue weighted by Crippen LogP contribution is -2.49. The molecule has 3 rings (SSSR count). The van der Waals surface area contributed by atoms with E-state index in [1.807, 2.05) is 18.7 Å². The van der Waals surface area contributed by atoms with Crippen LogP contribution in [0.4, 0.5) is 0 Å². The predicted molar refractivity (Wildman–Crippen MR) is 90.1 cm³/mol. The summed E-state index contributed by atoms with van der Waals surface area (Å²) >= 11 is 1.63. The molecule has 1 aliphatic carbocycles. The second kappa shape index (κ2) is 6.99. The van der Waals surface area contributed by atoms with Gasteiger partial charge >= 0.3 is 0 Å². The van der Waals surface area contributed by atoms with Crippen molar-refractivity contribution in [3.63, 3.8) is 0 Å². The van der Waals surface area contributed by atoms with Crippen molar-refractivity contribution in [2.24, 2.45) is 5.92 Å². The molecule has 0 bridgehead atoms. The normalized spacial score (nSPS) is 22.6. The zero-order valence-corrected chi connectivity index (χ0v) is 14.7. The summed E-state index contributed by atoms with van der Waals surface area (Å²) in [5.74, 6) is 0.216. The van der Waals surface area contributed by atoms with E-state index in [1.165, 1.54) is 17.7 Å². The van der Waals surface area contributed by atoms with Crippen molar-refractivity contribution in [2.45, 2.75) is 65.0 Å². The molecule has 1 aliphatic heterocycles. The molecule has 0 aromatic carbocycles. The highest BCUT2D eigenvalue weighted by Crippen LogP contribution is 2.28. The van der Waals surface area contributed by atoms with Crippen LogP contribution in [0, 0.1) is 19.8 Å². The third-order valence-corrected chi connectivity index (χ3v) is 6.14. The smallest absolute Gasteiger partial charge is 0.225 e. The van der Waals surface area contributed by atoms with Gasteiger partial charge in [-0.25, -0.2) is 4.98 Å². The monoisotopic (exact) mass is 335 g/mol. The highest BCUT2D eigenvalue weighted by molar-refractivity contribution is 7.11. The van der Waals surface area contributed by atoms with Crippen molar-refractivity contribution in [1.82, 2.24) is 15.2 Å². The molecule has 23 heavy (non-hydrogen) atoms. The molecule has 1 saturated carbocycles. The topological polar surface area (TPSA) is 62.3 Å². The van der Waals surface area contributed by atoms with Gasteiger partial charge in [-0.2, -0.15) is 0 Å². The Hall–Kier alpha value is -1.43. The van der Waals surface area contributed by atoms with Crippen molar-refractivity contribution in [1.29, 1.82) is 0 Å². The average Bonchev–Trinajstić information content (AvgIpc) is 3.16. The number of nitrogens with one attached hydrogen (secondary N) is 1. The Morgan fingerprint density at radius 2 is 2.04 bits per heavy atom. The molecule has 2 aliphatic rings. The third kappa shape index (κ3) is 3.74. The molecule has 6 heteroatoms. The Morgan fingerprint density at radius 3 is 2.70 bits per heavy atom. The Labute approximate surface area is 141 Å². The predicted octanol–water partition coefficient (Wildman–Crippen LogP) is 2.56. The Kier molecular flexibility index (Phi) is 4.99. The summed E-state index contributed by atoms with van der Waals surface area (Å²) in [6, 6.07) is 0.363. The number of aryl methyl sites for hydroxylation is 2. The number of aromatic nitrogens is 1. The van der Waals surface area contributed by atoms with E-state index in [0.29, 0.717) is 32.0 Å². The molecule has 1 N–H and O–H groups in total. The highest BCUT2D eigenvalue weighted by Gasteiger charge is 2.35. The van der Waals surface area contributed by atoms with Gasteiger partial charge in [0, 0.05) is 23.9 Å². The lowest BCUT2D eigenvalue weighted by atomic mass is 9.95. The van der Waals surface area contributed by atoms with E-state index in [2.05, 4.69) is 10.3 Å². The Bertz CT molecular complexity index is 573. The fourth-order valence-corrected chi connectivity index (χ4v) is 4.45. The average molecular weight is 335 g/mol. The van der Waals surface area contributed by atoms with Crippen molar-refractivity contribution in [2.75, 3.05) is 6.54 Å². The van der Waals surface area contributed by atoms with Crippen molar-refractivity contribution in [3.8, 4) is 0 Å². The van der Waals surface area contributed by atoms with E-state index < -0.39 is 0 Å². The fourth-order valence-electron chi connectivity index (χ4n) is 3.58. The SMILES string of the molecule is Cc1nc(CNC(=O)C2CCC(=O)N(C3CCCC3)C2)sc1C. The molecule has 2 fully saturated rings. The maximum Gasteiger partial charge on any atom is 0.225 e. The molecule has 5 nitrogen and oxygen atoms in total. The third-order valence-electron chi connectivity index (χ3n) is 5.07. The van der Waals surface area contributed by atoms with Gasteiger partial charge in [-0.15, -0.1) is 11.3 Å². The molecule has 126 valence electrons. The summed E-state index contributed by atoms with van der Waals surface area (Å²) in [5, 5.41) is 3.96. The summed E-state index contributed by atoms with van der Waals surface area (Å²) in [6.07, 6.45) is 5.77. The number of nitrogens with zero attached hydrogens (tertiary/aromatic N) is 2. The number of carbonyl (C=O) groups excluding carboxylic acids is 2. The van der Waals surface area contributed by atoms with Crippen LogP contribution >= 0.6 is 11.3 Å². The highest BCUT2D eigenvalue weighted by atomic mass is 32.1. The maximum absolute atomic E-state index is 12.5. The van der Waals surface area contributed by atoms with Crippen LogP contribution in [0.3, 0.4) is 0 Å². The fraction of sp³-hybridized carbons (Fsp3) is 0.706. The maximum atomic E-state index is 12.5. The van der Waals surface area contributed by atoms with Crippen LogP contribution in [0.15, 0.2) is 0 Å². The van der Waals surface area contributed by atoms with Crippen LogP contribution in [0.2, 0.25) is 0 Å². The van der Waals surface area contributed by atoms with Crippen molar-refractivity contribution in [3.05, 3.63) is 15.6 Å². The van der Waals surface area contributed by atoms with E-state index in [-0.39, 0.29) is 17.7 Å². The first kappa shape index (κ1) is 16.4. The van der Waals surface area contributed by atoms with Gasteiger partial charge < -0.3 is 10.2 Å². The van der Waals surface area contributed by atoms with E-state index in [0.717, 1.165) is 23.5 Å². The first-order chi connectivity index (χ1) is 11.0. The number of hydrogen-bond acceptors (Lipinski definition) is 4. The summed E-state index contributed by atoms with van der Waals surface area (Å²) in [6.45, 7) is 5.12. The molecule has 2 heterocycles. The van der Waals surface area contributed by atoms with E-state index in [9.17, 15) is 9.59 Å². The van der Waals surface area contributed by atoms with E-state index in [4.69, 9.17) is 0 Å². The second-order valence-corrected chi connectivity index (χ2v) is 7.97. The zero-order valence-electron chi connectivity index (χ0n) is 13.9. The molecule has 1 aromatic rings. The quantitative estimate of drug-likeness (QED) is 0.920. The number of carbonyl (C=O) groups is 2. The molecule has 1 aromatic heterocycles. The minimum Gasteiger partial charge on any atom is -0.349 e. The van der Waals surface area contributed by atoms with Crippen molar-refractivity contribution >= 4 is 23.2 Å². The van der Waals surface area contributed by atoms with E-state index >= 15 is 0 Å². The summed E-state index contributed by atoms with van der Waals surface area (Å²) in [5.41, 5.74) is 1.04. The van der Waals surface area contributed by atoms with Gasteiger partial charge in [0.2, 0.25) is 11.8 Å². The molecule has 2 amide bonds. The van der Waals surface area contributed by atoms with Gasteiger partial charge in [0.05, 0.1) is 18.2 Å². The zero-order chi connectivity index (χ0) is 16.4. The molecule has 1 saturated heterocycles. The Morgan fingerprint density at radius 1 is 1.30 bits per heavy atom. The lowest BCUT2D eigenvalue weighted by Gasteiger charge is -2.36. The lowest BCUT2D eigenvalue weighted by molar-refractivity contribution is -0.140. The van der Waals surface area contributed by atoms with Crippen LogP contribution in [0.25, 0.3) is 0 Å². The summed E-state index contributed by atoms with van der Waals surface area (Å²) in [7, 11) is 0. The van der Waals surface area contributed by atoms with Crippen molar-refractivity contribution < 1.29 is 9.59 Å². The second-order valence-electron chi connectivity index (χ2n) is 6.69. The van der Waals surface area contributed by atoms with Crippen LogP contribution in [0.5, 0.6) is 0 Å². The number of hydrogen-bond donors (Lipinski definition) is 1. The van der Waals surface area contributed by atoms with Gasteiger partial charge in [-0.1, -0.05) is 12.8 Å².